The van der Waals surface area contributed by atoms with Gasteiger partial charge in [0.1, 0.15) is 41.5 Å². The summed E-state index contributed by atoms with van der Waals surface area (Å²) < 4.78 is 74.6. The Balaban J connectivity index is 1.30. The van der Waals surface area contributed by atoms with Crippen LogP contribution in [0.4, 0.5) is 23.4 Å². The third kappa shape index (κ3) is 4.69. The maximum atomic E-state index is 16.8. The maximum Gasteiger partial charge on any atom is 0.319 e. The molecule has 11 heteroatoms. The number of halogens is 4. The Bertz CT molecular complexity index is 1830. The number of aryl methyl sites for hydroxylation is 1. The molecule has 2 bridgehead atoms. The van der Waals surface area contributed by atoms with Crippen LogP contribution in [0.15, 0.2) is 30.3 Å². The molecule has 45 heavy (non-hydrogen) atoms. The second-order valence-corrected chi connectivity index (χ2v) is 13.1. The van der Waals surface area contributed by atoms with Gasteiger partial charge in [0.05, 0.1) is 23.8 Å². The number of anilines is 1. The number of phenolic OH excluding ortho intramolecular Hbond substituents is 1. The zero-order valence-electron chi connectivity index (χ0n) is 25.0. The quantitative estimate of drug-likeness (QED) is 0.253. The fourth-order valence-electron chi connectivity index (χ4n) is 8.24. The van der Waals surface area contributed by atoms with Gasteiger partial charge in [0.2, 0.25) is 0 Å². The number of alkyl halides is 1. The largest absolute Gasteiger partial charge is 0.508 e. The Labute approximate surface area is 257 Å². The molecular formula is C34H34F4N4O3. The second-order valence-electron chi connectivity index (χ2n) is 13.1. The number of benzene rings is 3. The van der Waals surface area contributed by atoms with E-state index in [1.165, 1.54) is 30.3 Å². The van der Waals surface area contributed by atoms with Gasteiger partial charge >= 0.3 is 6.01 Å². The van der Waals surface area contributed by atoms with E-state index >= 15 is 8.78 Å². The molecule has 1 N–H and O–H groups in total. The highest BCUT2D eigenvalue weighted by molar-refractivity contribution is 6.03. The monoisotopic (exact) mass is 622 g/mol. The molecule has 7 nitrogen and oxygen atoms in total. The van der Waals surface area contributed by atoms with Gasteiger partial charge in [-0.1, -0.05) is 13.0 Å². The van der Waals surface area contributed by atoms with Crippen LogP contribution in [-0.4, -0.2) is 77.2 Å². The summed E-state index contributed by atoms with van der Waals surface area (Å²) in [6.07, 6.45) is 2.31. The number of aromatic hydroxyl groups is 1. The Hall–Kier alpha value is -3.70. The number of hydrogen-bond donors (Lipinski definition) is 1. The SMILES string of the molecule is CCc1c(F)ccc2cc(O)cc(-c3c(F)cc4c(N5C[C@@H]6CO[C@@H](C6)C5)nc(OC[C@@]56CCCN5C[C@H](F)C6)nc4c3F)c12. The van der Waals surface area contributed by atoms with Crippen molar-refractivity contribution < 1.29 is 32.1 Å². The molecule has 0 unspecified atom stereocenters. The first kappa shape index (κ1) is 28.8. The molecule has 4 atom stereocenters. The van der Waals surface area contributed by atoms with Crippen molar-refractivity contribution in [2.45, 2.75) is 56.8 Å². The number of fused-ring (bicyclic) bond motifs is 5. The van der Waals surface area contributed by atoms with Crippen molar-refractivity contribution in [3.8, 4) is 22.9 Å². The molecule has 3 aromatic carbocycles. The Morgan fingerprint density at radius 1 is 1.09 bits per heavy atom. The summed E-state index contributed by atoms with van der Waals surface area (Å²) in [6, 6.07) is 6.62. The third-order valence-corrected chi connectivity index (χ3v) is 10.2. The number of aromatic nitrogens is 2. The number of hydrogen-bond acceptors (Lipinski definition) is 7. The van der Waals surface area contributed by atoms with Crippen LogP contribution in [0, 0.1) is 23.4 Å². The Morgan fingerprint density at radius 3 is 2.78 bits per heavy atom. The molecule has 5 heterocycles. The minimum absolute atomic E-state index is 0.0148. The number of rotatable bonds is 6. The first-order valence-electron chi connectivity index (χ1n) is 15.8. The average Bonchev–Trinajstić information content (AvgIpc) is 3.66. The fraction of sp³-hybridized carbons (Fsp3) is 0.471. The molecular weight excluding hydrogens is 588 g/mol. The summed E-state index contributed by atoms with van der Waals surface area (Å²) in [5.74, 6) is -1.94. The van der Waals surface area contributed by atoms with Crippen LogP contribution < -0.4 is 9.64 Å². The number of ether oxygens (including phenoxy) is 2. The molecule has 4 aromatic rings. The minimum atomic E-state index is -0.960. The van der Waals surface area contributed by atoms with Crippen molar-refractivity contribution >= 4 is 27.5 Å². The highest BCUT2D eigenvalue weighted by Crippen LogP contribution is 2.44. The van der Waals surface area contributed by atoms with Crippen molar-refractivity contribution in [2.24, 2.45) is 5.92 Å². The van der Waals surface area contributed by atoms with Crippen LogP contribution in [0.3, 0.4) is 0 Å². The van der Waals surface area contributed by atoms with Gasteiger partial charge in [0, 0.05) is 37.4 Å². The zero-order chi connectivity index (χ0) is 31.0. The van der Waals surface area contributed by atoms with Crippen LogP contribution in [0.25, 0.3) is 32.8 Å². The predicted octanol–water partition coefficient (Wildman–Crippen LogP) is 6.32. The van der Waals surface area contributed by atoms with E-state index in [1.54, 1.807) is 6.92 Å². The Morgan fingerprint density at radius 2 is 1.96 bits per heavy atom. The standard InChI is InChI=1S/C34H34F4N4O3/c1-2-23-26(36)5-4-19-9-21(43)10-24(28(19)23)29-27(37)11-25-31(30(29)38)39-33(40-32(25)41-13-18-8-22(15-41)44-16-18)45-17-34-6-3-7-42(34)14-20(35)12-34/h4-5,9-11,18,20,22,43H,2-3,6-8,12-17H2,1H3/t18-,20-,22+,34+/m1/s1. The summed E-state index contributed by atoms with van der Waals surface area (Å²) >= 11 is 0. The van der Waals surface area contributed by atoms with Crippen molar-refractivity contribution in [2.75, 3.05) is 44.3 Å². The molecule has 236 valence electrons. The fourth-order valence-corrected chi connectivity index (χ4v) is 8.24. The zero-order valence-corrected chi connectivity index (χ0v) is 25.0. The first-order chi connectivity index (χ1) is 21.7. The van der Waals surface area contributed by atoms with E-state index in [0.717, 1.165) is 25.8 Å². The third-order valence-electron chi connectivity index (χ3n) is 10.2. The van der Waals surface area contributed by atoms with E-state index in [2.05, 4.69) is 9.88 Å². The lowest BCUT2D eigenvalue weighted by molar-refractivity contribution is 0.107. The highest BCUT2D eigenvalue weighted by atomic mass is 19.1. The van der Waals surface area contributed by atoms with Gasteiger partial charge in [0.15, 0.2) is 5.82 Å². The van der Waals surface area contributed by atoms with Gasteiger partial charge in [-0.3, -0.25) is 4.90 Å². The molecule has 4 saturated heterocycles. The smallest absolute Gasteiger partial charge is 0.319 e. The van der Waals surface area contributed by atoms with Gasteiger partial charge in [-0.05, 0) is 78.4 Å². The van der Waals surface area contributed by atoms with Crippen LogP contribution in [0.5, 0.6) is 11.8 Å². The van der Waals surface area contributed by atoms with Gasteiger partial charge in [-0.15, -0.1) is 0 Å². The lowest BCUT2D eigenvalue weighted by Gasteiger charge is -2.33. The number of phenols is 1. The van der Waals surface area contributed by atoms with E-state index in [0.29, 0.717) is 54.8 Å². The molecule has 1 aromatic heterocycles. The van der Waals surface area contributed by atoms with E-state index in [1.807, 2.05) is 4.90 Å². The van der Waals surface area contributed by atoms with Gasteiger partial charge < -0.3 is 19.5 Å². The summed E-state index contributed by atoms with van der Waals surface area (Å²) in [5.41, 5.74) is -0.708. The highest BCUT2D eigenvalue weighted by Gasteiger charge is 2.49. The van der Waals surface area contributed by atoms with Crippen molar-refractivity contribution in [3.05, 3.63) is 53.3 Å². The predicted molar refractivity (Wildman–Crippen MR) is 162 cm³/mol. The van der Waals surface area contributed by atoms with E-state index in [9.17, 15) is 13.9 Å². The van der Waals surface area contributed by atoms with E-state index < -0.39 is 34.7 Å². The molecule has 0 amide bonds. The second kappa shape index (κ2) is 10.7. The molecule has 0 saturated carbocycles. The van der Waals surface area contributed by atoms with Crippen LogP contribution in [0.1, 0.15) is 38.2 Å². The van der Waals surface area contributed by atoms with E-state index in [4.69, 9.17) is 14.5 Å². The van der Waals surface area contributed by atoms with Crippen molar-refractivity contribution in [1.29, 1.82) is 0 Å². The molecule has 8 rings (SSSR count). The number of nitrogens with zero attached hydrogens (tertiary/aromatic N) is 4. The molecule has 4 fully saturated rings. The van der Waals surface area contributed by atoms with Crippen LogP contribution >= 0.6 is 0 Å². The first-order valence-corrected chi connectivity index (χ1v) is 15.8. The Kier molecular flexibility index (Phi) is 6.83. The molecule has 0 radical (unpaired) electrons. The lowest BCUT2D eigenvalue weighted by atomic mass is 9.91. The average molecular weight is 623 g/mol. The van der Waals surface area contributed by atoms with Gasteiger partial charge in [-0.25, -0.2) is 17.6 Å². The lowest BCUT2D eigenvalue weighted by Crippen LogP contribution is -2.43. The normalized spacial score (nSPS) is 26.3. The molecule has 4 aliphatic rings. The summed E-state index contributed by atoms with van der Waals surface area (Å²) in [7, 11) is 0. The topological polar surface area (TPSA) is 71.0 Å². The van der Waals surface area contributed by atoms with E-state index in [-0.39, 0.29) is 53.3 Å². The summed E-state index contributed by atoms with van der Waals surface area (Å²) in [5, 5.41) is 11.5. The minimum Gasteiger partial charge on any atom is -0.508 e. The molecule has 4 aliphatic heterocycles. The summed E-state index contributed by atoms with van der Waals surface area (Å²) in [4.78, 5) is 13.3. The van der Waals surface area contributed by atoms with Gasteiger partial charge in [-0.2, -0.15) is 9.97 Å². The van der Waals surface area contributed by atoms with Crippen molar-refractivity contribution in [1.82, 2.24) is 14.9 Å². The van der Waals surface area contributed by atoms with Gasteiger partial charge in [0.25, 0.3) is 0 Å². The van der Waals surface area contributed by atoms with Crippen molar-refractivity contribution in [3.63, 3.8) is 0 Å². The maximum absolute atomic E-state index is 16.8. The number of piperidine rings is 1. The summed E-state index contributed by atoms with van der Waals surface area (Å²) in [6.45, 7) is 4.79. The molecule has 0 spiro atoms. The van der Waals surface area contributed by atoms with Crippen LogP contribution in [0.2, 0.25) is 0 Å². The van der Waals surface area contributed by atoms with Crippen LogP contribution in [-0.2, 0) is 11.2 Å². The molecule has 0 aliphatic carbocycles.